The Balaban J connectivity index is 2.31. The minimum absolute atomic E-state index is 0.169. The smallest absolute Gasteiger partial charge is 0.337 e. The molecule has 1 fully saturated rings. The number of hydrogen-bond donors (Lipinski definition) is 0. The summed E-state index contributed by atoms with van der Waals surface area (Å²) in [7, 11) is 0. The highest BCUT2D eigenvalue weighted by Gasteiger charge is 2.72. The highest BCUT2D eigenvalue weighted by atomic mass is 32.1. The molecule has 0 atom stereocenters. The maximum atomic E-state index is 13.0. The third-order valence-electron chi connectivity index (χ3n) is 3.91. The number of rotatable bonds is 1. The molecule has 1 aliphatic heterocycles. The first kappa shape index (κ1) is 17.1. The van der Waals surface area contributed by atoms with Crippen LogP contribution in [0.5, 0.6) is 0 Å². The SMILES string of the molecule is Cc1cc(C(=O)N2CCC(C(F)(F)F)(C(F)(F)F)C2)c(C)s1. The normalized spacial score (nSPS) is 18.8. The highest BCUT2D eigenvalue weighted by molar-refractivity contribution is 7.12. The fourth-order valence-electron chi connectivity index (χ4n) is 2.62. The van der Waals surface area contributed by atoms with Crippen molar-refractivity contribution in [2.24, 2.45) is 5.41 Å². The minimum Gasteiger partial charge on any atom is -0.337 e. The van der Waals surface area contributed by atoms with Crippen molar-refractivity contribution in [3.8, 4) is 0 Å². The molecule has 2 nitrogen and oxygen atoms in total. The van der Waals surface area contributed by atoms with Crippen LogP contribution < -0.4 is 0 Å². The quantitative estimate of drug-likeness (QED) is 0.694. The van der Waals surface area contributed by atoms with Gasteiger partial charge in [-0.3, -0.25) is 4.79 Å². The number of amides is 1. The van der Waals surface area contributed by atoms with Crippen LogP contribution in [0.3, 0.4) is 0 Å². The maximum Gasteiger partial charge on any atom is 0.404 e. The summed E-state index contributed by atoms with van der Waals surface area (Å²) in [4.78, 5) is 14.2. The monoisotopic (exact) mass is 345 g/mol. The number of thiophene rings is 1. The topological polar surface area (TPSA) is 20.3 Å². The van der Waals surface area contributed by atoms with E-state index >= 15 is 0 Å². The Labute approximate surface area is 126 Å². The molecular formula is C13H13F6NOS. The number of halogens is 6. The standard InChI is InChI=1S/C13H13F6NOS/c1-7-5-9(8(2)22-7)10(21)20-4-3-11(6-20,12(14,15)16)13(17,18)19/h5H,3-4,6H2,1-2H3. The molecule has 0 bridgehead atoms. The molecule has 1 aromatic rings. The lowest BCUT2D eigenvalue weighted by Gasteiger charge is -2.33. The summed E-state index contributed by atoms with van der Waals surface area (Å²) in [5.41, 5.74) is -3.67. The number of nitrogens with zero attached hydrogens (tertiary/aromatic N) is 1. The summed E-state index contributed by atoms with van der Waals surface area (Å²) in [6, 6.07) is 1.49. The van der Waals surface area contributed by atoms with Crippen molar-refractivity contribution in [3.63, 3.8) is 0 Å². The second-order valence-corrected chi connectivity index (χ2v) is 6.84. The molecule has 124 valence electrons. The van der Waals surface area contributed by atoms with Gasteiger partial charge in [-0.25, -0.2) is 0 Å². The van der Waals surface area contributed by atoms with Crippen LogP contribution in [0, 0.1) is 19.3 Å². The molecule has 1 aromatic heterocycles. The lowest BCUT2D eigenvalue weighted by molar-refractivity contribution is -0.334. The van der Waals surface area contributed by atoms with Crippen LogP contribution in [0.15, 0.2) is 6.07 Å². The molecule has 22 heavy (non-hydrogen) atoms. The molecule has 1 aliphatic rings. The van der Waals surface area contributed by atoms with Gasteiger partial charge in [0.15, 0.2) is 5.41 Å². The summed E-state index contributed by atoms with van der Waals surface area (Å²) >= 11 is 1.28. The van der Waals surface area contributed by atoms with E-state index in [9.17, 15) is 31.1 Å². The van der Waals surface area contributed by atoms with Crippen molar-refractivity contribution in [1.29, 1.82) is 0 Å². The lowest BCUT2D eigenvalue weighted by Crippen LogP contribution is -2.52. The van der Waals surface area contributed by atoms with Gasteiger partial charge in [0, 0.05) is 22.8 Å². The average Bonchev–Trinajstić information content (AvgIpc) is 2.91. The highest BCUT2D eigenvalue weighted by Crippen LogP contribution is 2.55. The third kappa shape index (κ3) is 2.59. The minimum atomic E-state index is -5.44. The fourth-order valence-corrected chi connectivity index (χ4v) is 3.54. The molecule has 9 heteroatoms. The van der Waals surface area contributed by atoms with Gasteiger partial charge >= 0.3 is 12.4 Å². The van der Waals surface area contributed by atoms with E-state index in [-0.39, 0.29) is 5.56 Å². The van der Waals surface area contributed by atoms with Crippen LogP contribution in [0.25, 0.3) is 0 Å². The van der Waals surface area contributed by atoms with Gasteiger partial charge in [-0.05, 0) is 26.3 Å². The third-order valence-corrected chi connectivity index (χ3v) is 4.88. The van der Waals surface area contributed by atoms with E-state index in [0.29, 0.717) is 9.78 Å². The number of hydrogen-bond acceptors (Lipinski definition) is 2. The van der Waals surface area contributed by atoms with E-state index < -0.39 is 43.2 Å². The first-order valence-corrected chi connectivity index (χ1v) is 7.20. The number of carbonyl (C=O) groups is 1. The molecule has 2 rings (SSSR count). The van der Waals surface area contributed by atoms with Crippen LogP contribution >= 0.6 is 11.3 Å². The Kier molecular flexibility index (Phi) is 4.00. The Morgan fingerprint density at radius 1 is 1.18 bits per heavy atom. The van der Waals surface area contributed by atoms with Crippen molar-refractivity contribution in [3.05, 3.63) is 21.4 Å². The zero-order valence-corrected chi connectivity index (χ0v) is 12.5. The predicted octanol–water partition coefficient (Wildman–Crippen LogP) is 4.32. The Morgan fingerprint density at radius 3 is 2.09 bits per heavy atom. The van der Waals surface area contributed by atoms with E-state index in [1.165, 1.54) is 17.4 Å². The van der Waals surface area contributed by atoms with Gasteiger partial charge in [0.05, 0.1) is 5.56 Å². The Morgan fingerprint density at radius 2 is 1.73 bits per heavy atom. The molecule has 0 N–H and O–H groups in total. The molecule has 0 unspecified atom stereocenters. The Bertz CT molecular complexity index is 574. The summed E-state index contributed by atoms with van der Waals surface area (Å²) in [6.45, 7) is 1.38. The number of aryl methyl sites for hydroxylation is 2. The maximum absolute atomic E-state index is 13.0. The Hall–Kier alpha value is -1.25. The van der Waals surface area contributed by atoms with Crippen LogP contribution in [-0.2, 0) is 0 Å². The van der Waals surface area contributed by atoms with Gasteiger partial charge in [0.25, 0.3) is 5.91 Å². The van der Waals surface area contributed by atoms with E-state index in [4.69, 9.17) is 0 Å². The second kappa shape index (κ2) is 5.14. The van der Waals surface area contributed by atoms with E-state index in [1.807, 2.05) is 0 Å². The van der Waals surface area contributed by atoms with Crippen molar-refractivity contribution in [2.75, 3.05) is 13.1 Å². The number of alkyl halides is 6. The summed E-state index contributed by atoms with van der Waals surface area (Å²) < 4.78 is 77.9. The first-order valence-electron chi connectivity index (χ1n) is 6.39. The molecule has 0 radical (unpaired) electrons. The molecule has 0 aliphatic carbocycles. The van der Waals surface area contributed by atoms with Crippen molar-refractivity contribution < 1.29 is 31.1 Å². The summed E-state index contributed by atoms with van der Waals surface area (Å²) in [5, 5.41) is 0. The van der Waals surface area contributed by atoms with E-state index in [2.05, 4.69) is 0 Å². The van der Waals surface area contributed by atoms with E-state index in [1.54, 1.807) is 13.8 Å². The van der Waals surface area contributed by atoms with Crippen LogP contribution in [0.1, 0.15) is 26.5 Å². The van der Waals surface area contributed by atoms with Crippen molar-refractivity contribution in [1.82, 2.24) is 4.90 Å². The molecule has 0 saturated carbocycles. The molecule has 0 aromatic carbocycles. The number of likely N-dealkylation sites (tertiary alicyclic amines) is 1. The molecular weight excluding hydrogens is 332 g/mol. The van der Waals surface area contributed by atoms with Crippen molar-refractivity contribution >= 4 is 17.2 Å². The molecule has 2 heterocycles. The second-order valence-electron chi connectivity index (χ2n) is 5.38. The van der Waals surface area contributed by atoms with Gasteiger partial charge in [0.2, 0.25) is 0 Å². The zero-order chi connectivity index (χ0) is 16.9. The average molecular weight is 345 g/mol. The van der Waals surface area contributed by atoms with Gasteiger partial charge in [-0.2, -0.15) is 26.3 Å². The van der Waals surface area contributed by atoms with Gasteiger partial charge in [-0.1, -0.05) is 0 Å². The molecule has 1 amide bonds. The zero-order valence-electron chi connectivity index (χ0n) is 11.7. The summed E-state index contributed by atoms with van der Waals surface area (Å²) in [6.07, 6.45) is -12.0. The number of carbonyl (C=O) groups excluding carboxylic acids is 1. The molecule has 1 saturated heterocycles. The molecule has 0 spiro atoms. The van der Waals surface area contributed by atoms with Crippen molar-refractivity contribution in [2.45, 2.75) is 32.6 Å². The van der Waals surface area contributed by atoms with Gasteiger partial charge in [-0.15, -0.1) is 11.3 Å². The largest absolute Gasteiger partial charge is 0.404 e. The summed E-state index contributed by atoms with van der Waals surface area (Å²) in [5.74, 6) is -0.780. The van der Waals surface area contributed by atoms with Crippen LogP contribution in [-0.4, -0.2) is 36.2 Å². The predicted molar refractivity (Wildman–Crippen MR) is 68.9 cm³/mol. The lowest BCUT2D eigenvalue weighted by atomic mass is 9.85. The first-order chi connectivity index (χ1) is 9.89. The fraction of sp³-hybridized carbons (Fsp3) is 0.615. The van der Waals surface area contributed by atoms with Gasteiger partial charge in [0.1, 0.15) is 0 Å². The van der Waals surface area contributed by atoms with Gasteiger partial charge < -0.3 is 4.90 Å². The van der Waals surface area contributed by atoms with Crippen LogP contribution in [0.2, 0.25) is 0 Å². The van der Waals surface area contributed by atoms with E-state index in [0.717, 1.165) is 4.88 Å². The van der Waals surface area contributed by atoms with Crippen LogP contribution in [0.4, 0.5) is 26.3 Å².